The average molecular weight is 415 g/mol. The Labute approximate surface area is 179 Å². The normalized spacial score (nSPS) is 51.0. The summed E-state index contributed by atoms with van der Waals surface area (Å²) in [6.07, 6.45) is 14.3. The maximum Gasteiger partial charge on any atom is 0.0102 e. The lowest BCUT2D eigenvalue weighted by Crippen LogP contribution is -2.52. The predicted octanol–water partition coefficient (Wildman–Crippen LogP) is 5.31. The molecule has 0 unspecified atom stereocenters. The third-order valence-corrected chi connectivity index (χ3v) is 10.1. The van der Waals surface area contributed by atoms with Crippen molar-refractivity contribution in [3.63, 3.8) is 0 Å². The van der Waals surface area contributed by atoms with Gasteiger partial charge in [0.15, 0.2) is 0 Å². The lowest BCUT2D eigenvalue weighted by molar-refractivity contribution is -0.0403. The SMILES string of the molecule is CN[C@H]1CC[C@@]2(C)C(=CC[C@H]3[C@@H]4CC[C@@H]5[C@H](C)N(C)C[C@@]54CC[C@@H]32)C1.Cl.Cl. The average Bonchev–Trinajstić information content (AvgIpc) is 3.09. The molecule has 1 heterocycles. The molecular weight excluding hydrogens is 375 g/mol. The first kappa shape index (κ1) is 21.9. The number of hydrogen-bond acceptors (Lipinski definition) is 2. The third kappa shape index (κ3) is 2.87. The van der Waals surface area contributed by atoms with Gasteiger partial charge in [-0.3, -0.25) is 0 Å². The van der Waals surface area contributed by atoms with E-state index in [1.54, 1.807) is 0 Å². The van der Waals surface area contributed by atoms with Crippen LogP contribution in [-0.4, -0.2) is 37.6 Å². The fourth-order valence-electron chi connectivity index (χ4n) is 8.71. The predicted molar refractivity (Wildman–Crippen MR) is 119 cm³/mol. The summed E-state index contributed by atoms with van der Waals surface area (Å²) in [6.45, 7) is 6.55. The summed E-state index contributed by atoms with van der Waals surface area (Å²) in [5, 5.41) is 3.56. The Balaban J connectivity index is 0.00000105. The summed E-state index contributed by atoms with van der Waals surface area (Å²) in [5.74, 6) is 3.96. The van der Waals surface area contributed by atoms with Gasteiger partial charge in [0.1, 0.15) is 0 Å². The largest absolute Gasteiger partial charge is 0.317 e. The van der Waals surface area contributed by atoms with E-state index < -0.39 is 0 Å². The molecule has 1 N–H and O–H groups in total. The zero-order valence-electron chi connectivity index (χ0n) is 17.7. The molecule has 0 bridgehead atoms. The molecule has 3 saturated carbocycles. The number of nitrogens with one attached hydrogen (secondary N) is 1. The van der Waals surface area contributed by atoms with Crippen LogP contribution < -0.4 is 5.32 Å². The minimum absolute atomic E-state index is 0. The molecule has 0 aromatic heterocycles. The van der Waals surface area contributed by atoms with Gasteiger partial charge in [-0.25, -0.2) is 0 Å². The van der Waals surface area contributed by atoms with Crippen molar-refractivity contribution < 1.29 is 0 Å². The van der Waals surface area contributed by atoms with Crippen LogP contribution in [0.15, 0.2) is 11.6 Å². The van der Waals surface area contributed by atoms with Crippen molar-refractivity contribution in [1.29, 1.82) is 0 Å². The lowest BCUT2D eigenvalue weighted by atomic mass is 9.47. The number of hydrogen-bond donors (Lipinski definition) is 1. The van der Waals surface area contributed by atoms with Gasteiger partial charge in [-0.05, 0) is 107 Å². The van der Waals surface area contributed by atoms with Crippen LogP contribution >= 0.6 is 24.8 Å². The van der Waals surface area contributed by atoms with Crippen molar-refractivity contribution in [2.24, 2.45) is 34.5 Å². The van der Waals surface area contributed by atoms with Gasteiger partial charge in [-0.2, -0.15) is 0 Å². The van der Waals surface area contributed by atoms with E-state index in [0.717, 1.165) is 35.8 Å². The molecule has 4 fully saturated rings. The van der Waals surface area contributed by atoms with E-state index >= 15 is 0 Å². The monoisotopic (exact) mass is 414 g/mol. The number of halogens is 2. The van der Waals surface area contributed by atoms with Gasteiger partial charge in [-0.15, -0.1) is 24.8 Å². The fourth-order valence-corrected chi connectivity index (χ4v) is 8.71. The van der Waals surface area contributed by atoms with Crippen molar-refractivity contribution in [2.45, 2.75) is 77.3 Å². The van der Waals surface area contributed by atoms with Crippen LogP contribution in [0.2, 0.25) is 0 Å². The lowest BCUT2D eigenvalue weighted by Gasteiger charge is -2.58. The molecule has 0 aromatic carbocycles. The van der Waals surface area contributed by atoms with Crippen LogP contribution in [0.5, 0.6) is 0 Å². The molecule has 8 atom stereocenters. The summed E-state index contributed by atoms with van der Waals surface area (Å²) in [4.78, 5) is 2.70. The van der Waals surface area contributed by atoms with Crippen LogP contribution in [-0.2, 0) is 0 Å². The van der Waals surface area contributed by atoms with Crippen LogP contribution in [0.1, 0.15) is 65.2 Å². The second kappa shape index (κ2) is 7.49. The first-order chi connectivity index (χ1) is 12.0. The maximum atomic E-state index is 3.56. The van der Waals surface area contributed by atoms with Gasteiger partial charge in [0.05, 0.1) is 0 Å². The van der Waals surface area contributed by atoms with Gasteiger partial charge in [0.25, 0.3) is 0 Å². The van der Waals surface area contributed by atoms with Crippen molar-refractivity contribution in [3.05, 3.63) is 11.6 Å². The molecule has 5 rings (SSSR count). The molecule has 2 nitrogen and oxygen atoms in total. The highest BCUT2D eigenvalue weighted by Gasteiger charge is 2.63. The Hall–Kier alpha value is 0.240. The van der Waals surface area contributed by atoms with E-state index in [1.807, 2.05) is 5.57 Å². The number of allylic oxidation sites excluding steroid dienone is 1. The van der Waals surface area contributed by atoms with Crippen molar-refractivity contribution in [3.8, 4) is 0 Å². The number of rotatable bonds is 1. The van der Waals surface area contributed by atoms with Crippen molar-refractivity contribution in [1.82, 2.24) is 10.2 Å². The minimum atomic E-state index is 0. The van der Waals surface area contributed by atoms with Gasteiger partial charge < -0.3 is 10.2 Å². The summed E-state index contributed by atoms with van der Waals surface area (Å²) >= 11 is 0. The topological polar surface area (TPSA) is 15.3 Å². The highest BCUT2D eigenvalue weighted by Crippen LogP contribution is 2.68. The number of fused-ring (bicyclic) bond motifs is 4. The standard InChI is InChI=1S/C23H38N2.2ClH/c1-15-19-7-8-21-18-6-5-16-13-17(24-3)9-11-22(16,2)20(18)10-12-23(19,21)14-25(15)4;;/h5,15,17-21,24H,6-14H2,1-4H3;2*1H/t15-,17-,18+,19+,20-,21-,22-,23-;;/m0../s1. The Bertz CT molecular complexity index is 593. The molecule has 0 amide bonds. The van der Waals surface area contributed by atoms with E-state index in [9.17, 15) is 0 Å². The molecule has 156 valence electrons. The smallest absolute Gasteiger partial charge is 0.0102 e. The summed E-state index contributed by atoms with van der Waals surface area (Å²) in [7, 11) is 4.54. The van der Waals surface area contributed by atoms with E-state index in [1.165, 1.54) is 57.9 Å². The van der Waals surface area contributed by atoms with E-state index in [-0.39, 0.29) is 24.8 Å². The van der Waals surface area contributed by atoms with Crippen molar-refractivity contribution in [2.75, 3.05) is 20.6 Å². The van der Waals surface area contributed by atoms with Crippen molar-refractivity contribution >= 4 is 24.8 Å². The maximum absolute atomic E-state index is 3.56. The molecule has 1 spiro atoms. The minimum Gasteiger partial charge on any atom is -0.317 e. The molecule has 4 aliphatic carbocycles. The van der Waals surface area contributed by atoms with Gasteiger partial charge >= 0.3 is 0 Å². The molecule has 5 aliphatic rings. The second-order valence-electron chi connectivity index (χ2n) is 10.6. The molecule has 0 aromatic rings. The van der Waals surface area contributed by atoms with Crippen LogP contribution in [0.25, 0.3) is 0 Å². The van der Waals surface area contributed by atoms with Crippen LogP contribution in [0.3, 0.4) is 0 Å². The van der Waals surface area contributed by atoms with E-state index in [2.05, 4.69) is 44.2 Å². The van der Waals surface area contributed by atoms with Crippen LogP contribution in [0.4, 0.5) is 0 Å². The third-order valence-electron chi connectivity index (χ3n) is 10.1. The Morgan fingerprint density at radius 2 is 1.78 bits per heavy atom. The summed E-state index contributed by atoms with van der Waals surface area (Å²) in [5.41, 5.74) is 3.02. The van der Waals surface area contributed by atoms with Gasteiger partial charge in [-0.1, -0.05) is 18.6 Å². The molecule has 27 heavy (non-hydrogen) atoms. The Morgan fingerprint density at radius 1 is 1.04 bits per heavy atom. The highest BCUT2D eigenvalue weighted by molar-refractivity contribution is 5.85. The van der Waals surface area contributed by atoms with Gasteiger partial charge in [0.2, 0.25) is 0 Å². The quantitative estimate of drug-likeness (QED) is 0.584. The number of nitrogens with zero attached hydrogens (tertiary/aromatic N) is 1. The Morgan fingerprint density at radius 3 is 2.52 bits per heavy atom. The van der Waals surface area contributed by atoms with Crippen LogP contribution in [0, 0.1) is 34.5 Å². The molecule has 1 aliphatic heterocycles. The van der Waals surface area contributed by atoms with Gasteiger partial charge in [0, 0.05) is 18.6 Å². The highest BCUT2D eigenvalue weighted by atomic mass is 35.5. The summed E-state index contributed by atoms with van der Waals surface area (Å²) in [6, 6.07) is 1.55. The zero-order valence-corrected chi connectivity index (χ0v) is 19.3. The molecular formula is C23H40Cl2N2. The van der Waals surface area contributed by atoms with E-state index in [4.69, 9.17) is 0 Å². The number of likely N-dealkylation sites (tertiary alicyclic amines) is 1. The first-order valence-electron chi connectivity index (χ1n) is 11.1. The Kier molecular flexibility index (Phi) is 6.09. The zero-order chi connectivity index (χ0) is 17.4. The fraction of sp³-hybridized carbons (Fsp3) is 0.913. The molecule has 4 heteroatoms. The van der Waals surface area contributed by atoms with E-state index in [0.29, 0.717) is 10.8 Å². The molecule has 0 radical (unpaired) electrons. The molecule has 1 saturated heterocycles. The summed E-state index contributed by atoms with van der Waals surface area (Å²) < 4.78 is 0. The second-order valence-corrected chi connectivity index (χ2v) is 10.6. The first-order valence-corrected chi connectivity index (χ1v) is 11.1.